The van der Waals surface area contributed by atoms with Gasteiger partial charge in [-0.3, -0.25) is 9.59 Å². The van der Waals surface area contributed by atoms with Crippen molar-refractivity contribution in [3.8, 4) is 0 Å². The van der Waals surface area contributed by atoms with Crippen LogP contribution in [0.15, 0.2) is 0 Å². The van der Waals surface area contributed by atoms with Gasteiger partial charge in [0.15, 0.2) is 12.1 Å². The number of fused-ring (bicyclic) bond motifs is 1. The summed E-state index contributed by atoms with van der Waals surface area (Å²) >= 11 is 0. The van der Waals surface area contributed by atoms with E-state index in [9.17, 15) is 9.59 Å². The number of rotatable bonds is 6. The molecule has 2 aliphatic rings. The molecule has 2 fully saturated rings. The minimum Gasteiger partial charge on any atom is -0.481 e. The average molecular weight is 318 g/mol. The van der Waals surface area contributed by atoms with Crippen LogP contribution < -0.4 is 0 Å². The molecule has 0 bridgehead atoms. The Kier molecular flexibility index (Phi) is 5.06. The first-order valence-corrected chi connectivity index (χ1v) is 7.21. The summed E-state index contributed by atoms with van der Waals surface area (Å²) in [6, 6.07) is 0. The van der Waals surface area contributed by atoms with Crippen molar-refractivity contribution < 1.29 is 38.7 Å². The van der Waals surface area contributed by atoms with E-state index in [4.69, 9.17) is 29.2 Å². The molecule has 0 amide bonds. The first-order valence-electron chi connectivity index (χ1n) is 7.21. The molecule has 0 aromatic rings. The Bertz CT molecular complexity index is 435. The summed E-state index contributed by atoms with van der Waals surface area (Å²) in [5.41, 5.74) is 0. The molecule has 0 saturated carbocycles. The molecule has 0 aromatic carbocycles. The van der Waals surface area contributed by atoms with E-state index in [2.05, 4.69) is 0 Å². The Morgan fingerprint density at radius 1 is 1.14 bits per heavy atom. The Balaban J connectivity index is 2.20. The van der Waals surface area contributed by atoms with E-state index < -0.39 is 48.2 Å². The molecular formula is C14H22O8. The third kappa shape index (κ3) is 3.75. The maximum atomic E-state index is 11.1. The van der Waals surface area contributed by atoms with Crippen LogP contribution in [0.1, 0.15) is 33.1 Å². The summed E-state index contributed by atoms with van der Waals surface area (Å²) in [5, 5.41) is 17.9. The molecule has 2 aliphatic heterocycles. The molecule has 2 heterocycles. The number of carboxylic acids is 2. The second-order valence-electron chi connectivity index (χ2n) is 6.04. The lowest BCUT2D eigenvalue weighted by atomic mass is 9.87. The highest BCUT2D eigenvalue weighted by Gasteiger charge is 2.55. The Morgan fingerprint density at radius 2 is 1.77 bits per heavy atom. The Morgan fingerprint density at radius 3 is 2.32 bits per heavy atom. The molecule has 2 saturated heterocycles. The highest BCUT2D eigenvalue weighted by molar-refractivity contribution is 5.67. The smallest absolute Gasteiger partial charge is 0.303 e. The summed E-state index contributed by atoms with van der Waals surface area (Å²) in [6.45, 7) is 3.47. The lowest BCUT2D eigenvalue weighted by Crippen LogP contribution is -2.54. The molecule has 0 aromatic heterocycles. The molecular weight excluding hydrogens is 296 g/mol. The van der Waals surface area contributed by atoms with Gasteiger partial charge in [-0.15, -0.1) is 0 Å². The van der Waals surface area contributed by atoms with Crippen LogP contribution in [0.4, 0.5) is 0 Å². The molecule has 2 N–H and O–H groups in total. The molecule has 0 spiro atoms. The monoisotopic (exact) mass is 318 g/mol. The van der Waals surface area contributed by atoms with Gasteiger partial charge in [-0.2, -0.15) is 0 Å². The van der Waals surface area contributed by atoms with Gasteiger partial charge in [-0.25, -0.2) is 0 Å². The Hall–Kier alpha value is -1.22. The van der Waals surface area contributed by atoms with Gasteiger partial charge in [0.1, 0.15) is 6.10 Å². The van der Waals surface area contributed by atoms with E-state index in [1.165, 1.54) is 7.11 Å². The molecule has 126 valence electrons. The third-order valence-corrected chi connectivity index (χ3v) is 3.90. The van der Waals surface area contributed by atoms with Crippen molar-refractivity contribution in [3.05, 3.63) is 0 Å². The number of ether oxygens (including phenoxy) is 4. The maximum absolute atomic E-state index is 11.1. The van der Waals surface area contributed by atoms with Gasteiger partial charge in [0.25, 0.3) is 0 Å². The van der Waals surface area contributed by atoms with Crippen molar-refractivity contribution in [1.82, 2.24) is 0 Å². The fourth-order valence-electron chi connectivity index (χ4n) is 3.08. The largest absolute Gasteiger partial charge is 0.481 e. The quantitative estimate of drug-likeness (QED) is 0.741. The van der Waals surface area contributed by atoms with E-state index in [0.29, 0.717) is 0 Å². The van der Waals surface area contributed by atoms with Crippen molar-refractivity contribution in [2.45, 2.75) is 63.5 Å². The van der Waals surface area contributed by atoms with Crippen LogP contribution in [0.25, 0.3) is 0 Å². The zero-order valence-electron chi connectivity index (χ0n) is 12.9. The normalized spacial score (nSPS) is 36.8. The van der Waals surface area contributed by atoms with E-state index in [1.54, 1.807) is 13.8 Å². The topological polar surface area (TPSA) is 112 Å². The van der Waals surface area contributed by atoms with Crippen LogP contribution in [-0.2, 0) is 28.5 Å². The van der Waals surface area contributed by atoms with Crippen LogP contribution >= 0.6 is 0 Å². The molecule has 0 unspecified atom stereocenters. The van der Waals surface area contributed by atoms with Crippen LogP contribution in [0, 0.1) is 5.92 Å². The van der Waals surface area contributed by atoms with E-state index in [0.717, 1.165) is 0 Å². The zero-order chi connectivity index (χ0) is 16.5. The van der Waals surface area contributed by atoms with Gasteiger partial charge in [-0.05, 0) is 20.3 Å². The van der Waals surface area contributed by atoms with E-state index in [-0.39, 0.29) is 19.3 Å². The lowest BCUT2D eigenvalue weighted by molar-refractivity contribution is -0.253. The van der Waals surface area contributed by atoms with Crippen LogP contribution in [0.5, 0.6) is 0 Å². The van der Waals surface area contributed by atoms with E-state index in [1.807, 2.05) is 0 Å². The maximum Gasteiger partial charge on any atom is 0.303 e. The van der Waals surface area contributed by atoms with E-state index >= 15 is 0 Å². The number of carboxylic acid groups (broad SMARTS) is 2. The van der Waals surface area contributed by atoms with Crippen LogP contribution in [0.3, 0.4) is 0 Å². The molecule has 0 aliphatic carbocycles. The van der Waals surface area contributed by atoms with Gasteiger partial charge in [0, 0.05) is 19.4 Å². The third-order valence-electron chi connectivity index (χ3n) is 3.90. The molecule has 0 radical (unpaired) electrons. The van der Waals surface area contributed by atoms with Crippen molar-refractivity contribution in [1.29, 1.82) is 0 Å². The van der Waals surface area contributed by atoms with Crippen LogP contribution in [-0.4, -0.2) is 59.7 Å². The molecule has 5 atom stereocenters. The number of hydrogen-bond donors (Lipinski definition) is 2. The average Bonchev–Trinajstić information content (AvgIpc) is 2.72. The first-order chi connectivity index (χ1) is 10.2. The zero-order valence-corrected chi connectivity index (χ0v) is 12.9. The van der Waals surface area contributed by atoms with Crippen molar-refractivity contribution in [2.75, 3.05) is 7.11 Å². The second kappa shape index (κ2) is 6.49. The Labute approximate surface area is 128 Å². The molecule has 8 heteroatoms. The molecule has 22 heavy (non-hydrogen) atoms. The number of hydrogen-bond acceptors (Lipinski definition) is 6. The summed E-state index contributed by atoms with van der Waals surface area (Å²) in [5.74, 6) is -3.30. The van der Waals surface area contributed by atoms with Gasteiger partial charge in [-0.1, -0.05) is 0 Å². The lowest BCUT2D eigenvalue weighted by Gasteiger charge is -2.41. The minimum atomic E-state index is -0.980. The highest BCUT2D eigenvalue weighted by Crippen LogP contribution is 2.42. The fraction of sp³-hybridized carbons (Fsp3) is 0.857. The number of methoxy groups -OCH3 is 1. The predicted octanol–water partition coefficient (Wildman–Crippen LogP) is 0.833. The first kappa shape index (κ1) is 17.1. The summed E-state index contributed by atoms with van der Waals surface area (Å²) in [7, 11) is 1.43. The van der Waals surface area contributed by atoms with Gasteiger partial charge in [0.2, 0.25) is 0 Å². The standard InChI is InChI=1S/C14H22O8/c1-14(2)21-11-7(6-10(17)18)13(19-3)20-8(12(11)22-14)4-5-9(15)16/h7-8,11-13H,4-6H2,1-3H3,(H,15,16)(H,17,18)/t7-,8-,11-,12+,13-/m1/s1. The SMILES string of the molecule is CO[C@@H]1O[C@H](CCC(=O)O)[C@@H]2OC(C)(C)O[C@@H]2[C@H]1CC(=O)O. The van der Waals surface area contributed by atoms with Crippen LogP contribution in [0.2, 0.25) is 0 Å². The number of carbonyl (C=O) groups is 2. The van der Waals surface area contributed by atoms with Crippen molar-refractivity contribution in [3.63, 3.8) is 0 Å². The van der Waals surface area contributed by atoms with Gasteiger partial charge >= 0.3 is 11.9 Å². The summed E-state index contributed by atoms with van der Waals surface area (Å²) in [4.78, 5) is 21.9. The number of aliphatic carboxylic acids is 2. The van der Waals surface area contributed by atoms with Crippen molar-refractivity contribution in [2.24, 2.45) is 5.92 Å². The van der Waals surface area contributed by atoms with Gasteiger partial charge in [0.05, 0.1) is 18.6 Å². The fourth-order valence-corrected chi connectivity index (χ4v) is 3.08. The van der Waals surface area contributed by atoms with Crippen molar-refractivity contribution >= 4 is 11.9 Å². The second-order valence-corrected chi connectivity index (χ2v) is 6.04. The summed E-state index contributed by atoms with van der Waals surface area (Å²) < 4.78 is 22.7. The summed E-state index contributed by atoms with van der Waals surface area (Å²) in [6.07, 6.45) is -2.31. The predicted molar refractivity (Wildman–Crippen MR) is 72.1 cm³/mol. The van der Waals surface area contributed by atoms with Gasteiger partial charge < -0.3 is 29.2 Å². The highest BCUT2D eigenvalue weighted by atomic mass is 16.8. The minimum absolute atomic E-state index is 0.0717. The molecule has 2 rings (SSSR count). The molecule has 8 nitrogen and oxygen atoms in total.